The topological polar surface area (TPSA) is 158 Å². The Morgan fingerprint density at radius 2 is 1.63 bits per heavy atom. The second kappa shape index (κ2) is 9.82. The zero-order chi connectivity index (χ0) is 32.0. The second-order valence-electron chi connectivity index (χ2n) is 13.4. The van der Waals surface area contributed by atoms with Crippen molar-refractivity contribution in [2.24, 2.45) is 28.4 Å². The highest BCUT2D eigenvalue weighted by molar-refractivity contribution is 6.33. The largest absolute Gasteiger partial charge is 0.507 e. The molecule has 3 aliphatic rings. The Hall–Kier alpha value is -3.89. The number of aromatic hydroxyl groups is 1. The van der Waals surface area contributed by atoms with E-state index in [0.29, 0.717) is 22.4 Å². The van der Waals surface area contributed by atoms with Crippen LogP contribution >= 0.6 is 0 Å². The Balaban J connectivity index is 1.75. The summed E-state index contributed by atoms with van der Waals surface area (Å²) in [5.41, 5.74) is 3.23. The van der Waals surface area contributed by atoms with Crippen molar-refractivity contribution >= 4 is 34.7 Å². The van der Waals surface area contributed by atoms with Crippen molar-refractivity contribution in [3.05, 3.63) is 47.0 Å². The van der Waals surface area contributed by atoms with E-state index in [1.165, 1.54) is 11.8 Å². The SMILES string of the molecule is CCc1ccc(-c2cc(N(C)C)c3c(c2O)C(=O)C2C(=O)[C@]4(O)C(=O)C(C(N)=O)C(=O)[C@@H](N(C)C)[C@]4(C)C[C@]2(C)C3)cc1. The highest BCUT2D eigenvalue weighted by Crippen LogP contribution is 2.62. The summed E-state index contributed by atoms with van der Waals surface area (Å²) in [4.78, 5) is 72.0. The summed E-state index contributed by atoms with van der Waals surface area (Å²) in [7, 11) is 6.79. The van der Waals surface area contributed by atoms with Crippen LogP contribution in [0.4, 0.5) is 5.69 Å². The Bertz CT molecular complexity index is 1600. The maximum atomic E-state index is 14.5. The van der Waals surface area contributed by atoms with E-state index in [1.54, 1.807) is 21.0 Å². The summed E-state index contributed by atoms with van der Waals surface area (Å²) in [6.45, 7) is 5.28. The van der Waals surface area contributed by atoms with E-state index in [0.717, 1.165) is 12.0 Å². The van der Waals surface area contributed by atoms with Crippen LogP contribution in [0, 0.1) is 22.7 Å². The monoisotopic (exact) mass is 589 g/mol. The number of aryl methyl sites for hydroxylation is 1. The number of hydrogen-bond acceptors (Lipinski definition) is 9. The number of anilines is 1. The number of nitrogens with zero attached hydrogens (tertiary/aromatic N) is 2. The third-order valence-electron chi connectivity index (χ3n) is 10.1. The molecule has 0 saturated heterocycles. The Morgan fingerprint density at radius 3 is 2.14 bits per heavy atom. The molecule has 0 radical (unpaired) electrons. The Kier molecular flexibility index (Phi) is 6.98. The standard InChI is InChI=1S/C33H39N3O7/c1-8-16-9-11-17(12-10-16)18-13-20(35(4)5)19-14-31(2)15-32(3)27(36(6)7)26(39)22(30(34)42)28(40)33(32,43)29(41)23(31)25(38)21(19)24(18)37/h9-13,22-23,27,37,43H,8,14-15H2,1-7H3,(H2,34,42)/t22?,23?,27-,31+,32+,33-/m1/s1. The predicted molar refractivity (Wildman–Crippen MR) is 160 cm³/mol. The molecule has 0 spiro atoms. The van der Waals surface area contributed by atoms with Crippen LogP contribution in [-0.2, 0) is 32.0 Å². The van der Waals surface area contributed by atoms with Gasteiger partial charge in [0.15, 0.2) is 34.7 Å². The van der Waals surface area contributed by atoms with Crippen molar-refractivity contribution in [2.45, 2.75) is 51.7 Å². The number of amides is 1. The number of likely N-dealkylation sites (N-methyl/N-ethyl adjacent to an activating group) is 1. The van der Waals surface area contributed by atoms with Gasteiger partial charge in [-0.05, 0) is 61.5 Å². The van der Waals surface area contributed by atoms with Crippen LogP contribution in [0.5, 0.6) is 5.75 Å². The third-order valence-corrected chi connectivity index (χ3v) is 10.1. The number of ketones is 4. The molecule has 0 aliphatic heterocycles. The van der Waals surface area contributed by atoms with Gasteiger partial charge in [-0.25, -0.2) is 0 Å². The molecule has 4 N–H and O–H groups in total. The zero-order valence-corrected chi connectivity index (χ0v) is 25.6. The first-order valence-corrected chi connectivity index (χ1v) is 14.5. The van der Waals surface area contributed by atoms with Gasteiger partial charge in [0.05, 0.1) is 17.5 Å². The van der Waals surface area contributed by atoms with Gasteiger partial charge in [0.2, 0.25) is 5.91 Å². The molecule has 5 rings (SSSR count). The van der Waals surface area contributed by atoms with E-state index < -0.39 is 63.3 Å². The van der Waals surface area contributed by atoms with Crippen molar-refractivity contribution in [3.8, 4) is 16.9 Å². The molecule has 0 heterocycles. The summed E-state index contributed by atoms with van der Waals surface area (Å²) in [6.07, 6.45) is 0.934. The second-order valence-corrected chi connectivity index (χ2v) is 13.4. The number of benzene rings is 2. The maximum absolute atomic E-state index is 14.5. The lowest BCUT2D eigenvalue weighted by Gasteiger charge is -2.61. The van der Waals surface area contributed by atoms with Gasteiger partial charge >= 0.3 is 0 Å². The smallest absolute Gasteiger partial charge is 0.235 e. The van der Waals surface area contributed by atoms with Crippen molar-refractivity contribution in [1.82, 2.24) is 4.90 Å². The van der Waals surface area contributed by atoms with Crippen molar-refractivity contribution in [2.75, 3.05) is 33.1 Å². The molecule has 2 unspecified atom stereocenters. The number of phenolic OH excluding ortho intramolecular Hbond substituents is 1. The molecule has 2 aromatic rings. The lowest BCUT2D eigenvalue weighted by molar-refractivity contribution is -0.203. The number of nitrogens with two attached hydrogens (primary N) is 1. The normalized spacial score (nSPS) is 31.9. The molecule has 0 bridgehead atoms. The number of carbonyl (C=O) groups excluding carboxylic acids is 5. The van der Waals surface area contributed by atoms with Crippen LogP contribution in [0.25, 0.3) is 11.1 Å². The molecule has 43 heavy (non-hydrogen) atoms. The Labute approximate surface area is 250 Å². The Morgan fingerprint density at radius 1 is 1.02 bits per heavy atom. The minimum atomic E-state index is -2.83. The number of Topliss-reactive ketones (excluding diaryl/α,β-unsaturated/α-hetero) is 4. The minimum Gasteiger partial charge on any atom is -0.507 e. The fraction of sp³-hybridized carbons (Fsp3) is 0.485. The van der Waals surface area contributed by atoms with Gasteiger partial charge in [-0.15, -0.1) is 0 Å². The average molecular weight is 590 g/mol. The lowest BCUT2D eigenvalue weighted by atomic mass is 9.42. The highest BCUT2D eigenvalue weighted by atomic mass is 16.3. The van der Waals surface area contributed by atoms with Crippen LogP contribution in [0.3, 0.4) is 0 Å². The molecular formula is C33H39N3O7. The molecule has 0 aromatic heterocycles. The molecule has 2 saturated carbocycles. The minimum absolute atomic E-state index is 0.0289. The number of fused-ring (bicyclic) bond motifs is 3. The summed E-state index contributed by atoms with van der Waals surface area (Å²) in [6, 6.07) is 8.22. The molecule has 3 aliphatic carbocycles. The first kappa shape index (κ1) is 30.6. The number of rotatable bonds is 5. The summed E-state index contributed by atoms with van der Waals surface area (Å²) >= 11 is 0. The fourth-order valence-electron chi connectivity index (χ4n) is 8.31. The molecule has 2 fully saturated rings. The van der Waals surface area contributed by atoms with Gasteiger partial charge in [-0.3, -0.25) is 28.9 Å². The van der Waals surface area contributed by atoms with E-state index in [-0.39, 0.29) is 24.2 Å². The van der Waals surface area contributed by atoms with Gasteiger partial charge in [-0.1, -0.05) is 45.0 Å². The van der Waals surface area contributed by atoms with E-state index in [9.17, 15) is 34.2 Å². The van der Waals surface area contributed by atoms with Gasteiger partial charge in [-0.2, -0.15) is 0 Å². The zero-order valence-electron chi connectivity index (χ0n) is 25.6. The van der Waals surface area contributed by atoms with Crippen molar-refractivity contribution in [1.29, 1.82) is 0 Å². The molecule has 1 amide bonds. The molecule has 10 nitrogen and oxygen atoms in total. The number of aliphatic hydroxyl groups is 1. The van der Waals surface area contributed by atoms with E-state index in [1.807, 2.05) is 56.3 Å². The number of hydrogen-bond donors (Lipinski definition) is 3. The van der Waals surface area contributed by atoms with Crippen LogP contribution < -0.4 is 10.6 Å². The maximum Gasteiger partial charge on any atom is 0.235 e. The number of primary amides is 1. The predicted octanol–water partition coefficient (Wildman–Crippen LogP) is 1.94. The van der Waals surface area contributed by atoms with Gasteiger partial charge in [0.1, 0.15) is 5.75 Å². The number of phenols is 1. The van der Waals surface area contributed by atoms with Crippen molar-refractivity contribution < 1.29 is 34.2 Å². The molecular weight excluding hydrogens is 550 g/mol. The van der Waals surface area contributed by atoms with Gasteiger partial charge in [0.25, 0.3) is 0 Å². The van der Waals surface area contributed by atoms with Crippen LogP contribution in [-0.4, -0.2) is 84.0 Å². The van der Waals surface area contributed by atoms with E-state index in [2.05, 4.69) is 0 Å². The first-order chi connectivity index (χ1) is 20.0. The third kappa shape index (κ3) is 3.95. The molecule has 228 valence electrons. The van der Waals surface area contributed by atoms with Crippen LogP contribution in [0.2, 0.25) is 0 Å². The summed E-state index contributed by atoms with van der Waals surface area (Å²) < 4.78 is 0. The van der Waals surface area contributed by atoms with Crippen molar-refractivity contribution in [3.63, 3.8) is 0 Å². The molecule has 10 heteroatoms. The average Bonchev–Trinajstić information content (AvgIpc) is 2.90. The molecule has 2 aromatic carbocycles. The highest BCUT2D eigenvalue weighted by Gasteiger charge is 2.76. The van der Waals surface area contributed by atoms with Gasteiger partial charge < -0.3 is 20.8 Å². The first-order valence-electron chi connectivity index (χ1n) is 14.5. The van der Waals surface area contributed by atoms with E-state index >= 15 is 0 Å². The van der Waals surface area contributed by atoms with Gasteiger partial charge in [0, 0.05) is 30.8 Å². The van der Waals surface area contributed by atoms with E-state index in [4.69, 9.17) is 5.73 Å². The quantitative estimate of drug-likeness (QED) is 0.443. The summed E-state index contributed by atoms with van der Waals surface area (Å²) in [5.74, 6) is -8.93. The summed E-state index contributed by atoms with van der Waals surface area (Å²) in [5, 5.41) is 23.8. The fourth-order valence-corrected chi connectivity index (χ4v) is 8.31. The number of carbonyl (C=O) groups is 5. The lowest BCUT2D eigenvalue weighted by Crippen LogP contribution is -2.79. The van der Waals surface area contributed by atoms with Crippen LogP contribution in [0.15, 0.2) is 30.3 Å². The molecule has 6 atom stereocenters. The van der Waals surface area contributed by atoms with Crippen LogP contribution in [0.1, 0.15) is 48.7 Å².